The lowest BCUT2D eigenvalue weighted by Gasteiger charge is -2.33. The Morgan fingerprint density at radius 3 is 2.75 bits per heavy atom. The molecule has 0 saturated carbocycles. The molecule has 8 heteroatoms. The zero-order valence-electron chi connectivity index (χ0n) is 19.0. The second-order valence-corrected chi connectivity index (χ2v) is 10.8. The first-order valence-corrected chi connectivity index (χ1v) is 12.9. The minimum Gasteiger partial charge on any atom is -0.370 e. The van der Waals surface area contributed by atoms with E-state index in [1.54, 1.807) is 23.1 Å². The van der Waals surface area contributed by atoms with Crippen molar-refractivity contribution >= 4 is 49.3 Å². The Kier molecular flexibility index (Phi) is 5.55. The van der Waals surface area contributed by atoms with Crippen LogP contribution in [0.4, 0.5) is 5.82 Å². The van der Waals surface area contributed by atoms with E-state index in [1.165, 1.54) is 16.5 Å². The summed E-state index contributed by atoms with van der Waals surface area (Å²) in [6.45, 7) is 9.93. The highest BCUT2D eigenvalue weighted by Crippen LogP contribution is 2.43. The van der Waals surface area contributed by atoms with E-state index in [1.807, 2.05) is 30.7 Å². The zero-order chi connectivity index (χ0) is 22.5. The van der Waals surface area contributed by atoms with Gasteiger partial charge in [-0.05, 0) is 43.7 Å². The van der Waals surface area contributed by atoms with Crippen LogP contribution in [0.3, 0.4) is 0 Å². The standard InChI is InChI=1S/C24H27N5OS2/c1-13(2)18-16-12-30-24(3,4)10-15(16)17-19-20(32-22(17)27-18)21(29-23(28-19)31-5)26-11-14-8-6-7-9-25-14/h6-9,13H,10-12H2,1-5H3,(H,26,28,29). The average molecular weight is 466 g/mol. The highest BCUT2D eigenvalue weighted by atomic mass is 32.2. The number of anilines is 1. The van der Waals surface area contributed by atoms with Gasteiger partial charge in [-0.3, -0.25) is 4.98 Å². The van der Waals surface area contributed by atoms with Crippen LogP contribution in [0, 0.1) is 0 Å². The molecule has 4 aromatic heterocycles. The second-order valence-electron chi connectivity index (χ2n) is 9.03. The summed E-state index contributed by atoms with van der Waals surface area (Å²) in [6, 6.07) is 5.94. The number of pyridine rings is 2. The molecule has 0 atom stereocenters. The van der Waals surface area contributed by atoms with Gasteiger partial charge in [0.15, 0.2) is 5.16 Å². The Labute approximate surface area is 196 Å². The monoisotopic (exact) mass is 465 g/mol. The van der Waals surface area contributed by atoms with E-state index in [-0.39, 0.29) is 5.60 Å². The molecule has 1 aliphatic heterocycles. The highest BCUT2D eigenvalue weighted by Gasteiger charge is 2.32. The van der Waals surface area contributed by atoms with Crippen LogP contribution in [0.15, 0.2) is 29.6 Å². The van der Waals surface area contributed by atoms with Gasteiger partial charge in [-0.1, -0.05) is 31.7 Å². The van der Waals surface area contributed by atoms with Crippen molar-refractivity contribution in [2.45, 2.75) is 63.9 Å². The quantitative estimate of drug-likeness (QED) is 0.289. The lowest BCUT2D eigenvalue weighted by molar-refractivity contribution is -0.0402. The van der Waals surface area contributed by atoms with Gasteiger partial charge in [0, 0.05) is 23.6 Å². The van der Waals surface area contributed by atoms with Crippen molar-refractivity contribution in [2.75, 3.05) is 11.6 Å². The third kappa shape index (κ3) is 3.84. The molecule has 1 N–H and O–H groups in total. The first kappa shape index (κ1) is 21.6. The number of thiophene rings is 1. The summed E-state index contributed by atoms with van der Waals surface area (Å²) in [6.07, 6.45) is 4.68. The molecule has 0 aliphatic carbocycles. The Bertz CT molecular complexity index is 1300. The molecule has 166 valence electrons. The van der Waals surface area contributed by atoms with Gasteiger partial charge >= 0.3 is 0 Å². The zero-order valence-corrected chi connectivity index (χ0v) is 20.7. The van der Waals surface area contributed by atoms with Gasteiger partial charge < -0.3 is 10.1 Å². The van der Waals surface area contributed by atoms with Crippen molar-refractivity contribution in [3.05, 3.63) is 46.9 Å². The van der Waals surface area contributed by atoms with Crippen LogP contribution in [0.25, 0.3) is 20.4 Å². The average Bonchev–Trinajstić information content (AvgIpc) is 3.15. The molecule has 32 heavy (non-hydrogen) atoms. The predicted octanol–water partition coefficient (Wildman–Crippen LogP) is 5.94. The molecule has 0 unspecified atom stereocenters. The fraction of sp³-hybridized carbons (Fsp3) is 0.417. The minimum atomic E-state index is -0.209. The summed E-state index contributed by atoms with van der Waals surface area (Å²) in [5.74, 6) is 1.18. The van der Waals surface area contributed by atoms with E-state index in [4.69, 9.17) is 19.7 Å². The number of thioether (sulfide) groups is 1. The predicted molar refractivity (Wildman–Crippen MR) is 133 cm³/mol. The summed E-state index contributed by atoms with van der Waals surface area (Å²) < 4.78 is 7.23. The number of nitrogens with one attached hydrogen (secondary N) is 1. The van der Waals surface area contributed by atoms with E-state index in [9.17, 15) is 0 Å². The summed E-state index contributed by atoms with van der Waals surface area (Å²) in [5, 5.41) is 5.43. The summed E-state index contributed by atoms with van der Waals surface area (Å²) in [4.78, 5) is 20.3. The molecule has 6 nitrogen and oxygen atoms in total. The summed E-state index contributed by atoms with van der Waals surface area (Å²) in [7, 11) is 0. The number of ether oxygens (including phenoxy) is 1. The number of fused-ring (bicyclic) bond motifs is 5. The van der Waals surface area contributed by atoms with Crippen molar-refractivity contribution in [3.63, 3.8) is 0 Å². The van der Waals surface area contributed by atoms with Crippen LogP contribution >= 0.6 is 23.1 Å². The number of rotatable bonds is 5. The van der Waals surface area contributed by atoms with Crippen molar-refractivity contribution in [2.24, 2.45) is 0 Å². The van der Waals surface area contributed by atoms with Crippen molar-refractivity contribution < 1.29 is 4.74 Å². The molecule has 1 aliphatic rings. The van der Waals surface area contributed by atoms with Crippen LogP contribution in [-0.2, 0) is 24.3 Å². The molecule has 5 heterocycles. The van der Waals surface area contributed by atoms with Crippen LogP contribution in [0.1, 0.15) is 56.1 Å². The first-order chi connectivity index (χ1) is 15.4. The smallest absolute Gasteiger partial charge is 0.189 e. The lowest BCUT2D eigenvalue weighted by atomic mass is 9.87. The van der Waals surface area contributed by atoms with Gasteiger partial charge in [0.2, 0.25) is 0 Å². The molecular weight excluding hydrogens is 438 g/mol. The lowest BCUT2D eigenvalue weighted by Crippen LogP contribution is -2.32. The number of hydrogen-bond donors (Lipinski definition) is 1. The third-order valence-electron chi connectivity index (χ3n) is 5.79. The molecule has 0 radical (unpaired) electrons. The fourth-order valence-electron chi connectivity index (χ4n) is 4.24. The van der Waals surface area contributed by atoms with E-state index >= 15 is 0 Å². The SMILES string of the molecule is CSc1nc(NCc2ccccn2)c2sc3nc(C(C)C)c4c(c3c2n1)CC(C)(C)OC4. The van der Waals surface area contributed by atoms with Gasteiger partial charge in [-0.15, -0.1) is 11.3 Å². The maximum Gasteiger partial charge on any atom is 0.189 e. The molecule has 0 amide bonds. The largest absolute Gasteiger partial charge is 0.370 e. The Morgan fingerprint density at radius 2 is 2.03 bits per heavy atom. The first-order valence-electron chi connectivity index (χ1n) is 10.8. The molecule has 4 aromatic rings. The fourth-order valence-corrected chi connectivity index (χ4v) is 5.73. The molecule has 0 fully saturated rings. The Hall–Kier alpha value is -2.29. The van der Waals surface area contributed by atoms with Crippen molar-refractivity contribution in [3.8, 4) is 0 Å². The summed E-state index contributed by atoms with van der Waals surface area (Å²) in [5.41, 5.74) is 5.46. The number of hydrogen-bond acceptors (Lipinski definition) is 8. The normalized spacial score (nSPS) is 15.4. The molecule has 0 spiro atoms. The van der Waals surface area contributed by atoms with E-state index < -0.39 is 0 Å². The van der Waals surface area contributed by atoms with Crippen LogP contribution in [0.2, 0.25) is 0 Å². The Morgan fingerprint density at radius 1 is 1.19 bits per heavy atom. The minimum absolute atomic E-state index is 0.209. The van der Waals surface area contributed by atoms with E-state index in [0.29, 0.717) is 19.1 Å². The number of aromatic nitrogens is 4. The molecule has 0 bridgehead atoms. The Balaban J connectivity index is 1.73. The van der Waals surface area contributed by atoms with Gasteiger partial charge in [0.1, 0.15) is 10.6 Å². The highest BCUT2D eigenvalue weighted by molar-refractivity contribution is 7.98. The second kappa shape index (κ2) is 8.24. The maximum atomic E-state index is 6.18. The third-order valence-corrected chi connectivity index (χ3v) is 7.42. The molecular formula is C24H27N5OS2. The van der Waals surface area contributed by atoms with E-state index in [0.717, 1.165) is 43.8 Å². The van der Waals surface area contributed by atoms with Crippen molar-refractivity contribution in [1.82, 2.24) is 19.9 Å². The van der Waals surface area contributed by atoms with Gasteiger partial charge in [-0.2, -0.15) is 0 Å². The van der Waals surface area contributed by atoms with Gasteiger partial charge in [-0.25, -0.2) is 15.0 Å². The summed E-state index contributed by atoms with van der Waals surface area (Å²) >= 11 is 3.24. The molecule has 0 aromatic carbocycles. The van der Waals surface area contributed by atoms with Gasteiger partial charge in [0.25, 0.3) is 0 Å². The van der Waals surface area contributed by atoms with Crippen molar-refractivity contribution in [1.29, 1.82) is 0 Å². The molecule has 5 rings (SSSR count). The van der Waals surface area contributed by atoms with E-state index in [2.05, 4.69) is 38.0 Å². The molecule has 0 saturated heterocycles. The van der Waals surface area contributed by atoms with Crippen LogP contribution in [-0.4, -0.2) is 31.8 Å². The van der Waals surface area contributed by atoms with Crippen LogP contribution < -0.4 is 5.32 Å². The maximum absolute atomic E-state index is 6.18. The van der Waals surface area contributed by atoms with Crippen LogP contribution in [0.5, 0.6) is 0 Å². The topological polar surface area (TPSA) is 72.8 Å². The number of nitrogens with zero attached hydrogens (tertiary/aromatic N) is 4. The van der Waals surface area contributed by atoms with Gasteiger partial charge in [0.05, 0.1) is 40.4 Å².